The molecule has 0 spiro atoms. The predicted octanol–water partition coefficient (Wildman–Crippen LogP) is 1.89. The molecule has 0 aromatic heterocycles. The van der Waals surface area contributed by atoms with Crippen LogP contribution in [-0.2, 0) is 0 Å². The molecule has 1 nitrogen and oxygen atoms in total. The molecule has 0 radical (unpaired) electrons. The van der Waals surface area contributed by atoms with Crippen LogP contribution < -0.4 is 5.73 Å². The molecule has 4 heteroatoms. The first-order valence-electron chi connectivity index (χ1n) is 3.46. The maximum atomic E-state index is 12.9. The molecule has 0 amide bonds. The Bertz CT molecular complexity index is 278. The van der Waals surface area contributed by atoms with Gasteiger partial charge in [0.2, 0.25) is 0 Å². The van der Waals surface area contributed by atoms with E-state index in [9.17, 15) is 8.78 Å². The van der Waals surface area contributed by atoms with Crippen LogP contribution in [0.3, 0.4) is 0 Å². The number of hydrogen-bond donors (Lipinski definition) is 2. The van der Waals surface area contributed by atoms with Gasteiger partial charge in [0.25, 0.3) is 0 Å². The summed E-state index contributed by atoms with van der Waals surface area (Å²) < 4.78 is 25.3. The van der Waals surface area contributed by atoms with Crippen molar-refractivity contribution in [1.82, 2.24) is 0 Å². The van der Waals surface area contributed by atoms with Gasteiger partial charge in [-0.05, 0) is 6.07 Å². The third-order valence-electron chi connectivity index (χ3n) is 1.56. The molecule has 2 N–H and O–H groups in total. The maximum Gasteiger partial charge on any atom is 0.130 e. The van der Waals surface area contributed by atoms with Crippen LogP contribution in [0.1, 0.15) is 11.6 Å². The number of halogens is 2. The molecule has 66 valence electrons. The first kappa shape index (κ1) is 9.48. The topological polar surface area (TPSA) is 26.0 Å². The Labute approximate surface area is 75.0 Å². The Kier molecular flexibility index (Phi) is 3.05. The van der Waals surface area contributed by atoms with Crippen LogP contribution in [0.5, 0.6) is 0 Å². The third kappa shape index (κ3) is 1.95. The van der Waals surface area contributed by atoms with Crippen molar-refractivity contribution in [3.05, 3.63) is 35.4 Å². The normalized spacial score (nSPS) is 13.0. The molecular formula is C8H9F2NS. The first-order valence-corrected chi connectivity index (χ1v) is 4.09. The highest BCUT2D eigenvalue weighted by atomic mass is 32.1. The summed E-state index contributed by atoms with van der Waals surface area (Å²) in [6, 6.07) is 2.86. The second kappa shape index (κ2) is 3.87. The van der Waals surface area contributed by atoms with Crippen LogP contribution in [-0.4, -0.2) is 5.75 Å². The van der Waals surface area contributed by atoms with E-state index in [1.807, 2.05) is 0 Å². The van der Waals surface area contributed by atoms with Gasteiger partial charge in [-0.1, -0.05) is 6.07 Å². The Morgan fingerprint density at radius 1 is 1.42 bits per heavy atom. The zero-order valence-corrected chi connectivity index (χ0v) is 7.19. The van der Waals surface area contributed by atoms with Crippen LogP contribution >= 0.6 is 12.6 Å². The number of benzene rings is 1. The SMILES string of the molecule is NC(CS)c1ccc(F)cc1F. The molecule has 1 rings (SSSR count). The van der Waals surface area contributed by atoms with Gasteiger partial charge < -0.3 is 5.73 Å². The summed E-state index contributed by atoms with van der Waals surface area (Å²) in [5.41, 5.74) is 5.80. The lowest BCUT2D eigenvalue weighted by molar-refractivity contribution is 0.563. The fourth-order valence-electron chi connectivity index (χ4n) is 0.901. The lowest BCUT2D eigenvalue weighted by Gasteiger charge is -2.08. The Hall–Kier alpha value is -0.610. The molecule has 1 unspecified atom stereocenters. The van der Waals surface area contributed by atoms with E-state index < -0.39 is 17.7 Å². The molecule has 0 saturated heterocycles. The maximum absolute atomic E-state index is 12.9. The summed E-state index contributed by atoms with van der Waals surface area (Å²) in [4.78, 5) is 0. The number of thiol groups is 1. The highest BCUT2D eigenvalue weighted by Gasteiger charge is 2.09. The van der Waals surface area contributed by atoms with Crippen LogP contribution in [0.2, 0.25) is 0 Å². The molecule has 0 saturated carbocycles. The quantitative estimate of drug-likeness (QED) is 0.683. The Balaban J connectivity index is 3.01. The predicted molar refractivity (Wildman–Crippen MR) is 47.1 cm³/mol. The minimum absolute atomic E-state index is 0.298. The highest BCUT2D eigenvalue weighted by Crippen LogP contribution is 2.16. The lowest BCUT2D eigenvalue weighted by atomic mass is 10.1. The smallest absolute Gasteiger partial charge is 0.130 e. The fourth-order valence-corrected chi connectivity index (χ4v) is 1.10. The second-order valence-corrected chi connectivity index (χ2v) is 2.82. The van der Waals surface area contributed by atoms with E-state index >= 15 is 0 Å². The molecule has 0 aliphatic carbocycles. The summed E-state index contributed by atoms with van der Waals surface area (Å²) in [5, 5.41) is 0. The molecule has 1 aromatic rings. The second-order valence-electron chi connectivity index (χ2n) is 2.45. The van der Waals surface area contributed by atoms with E-state index in [0.717, 1.165) is 6.07 Å². The van der Waals surface area contributed by atoms with Gasteiger partial charge in [-0.3, -0.25) is 0 Å². The van der Waals surface area contributed by atoms with Gasteiger partial charge in [-0.15, -0.1) is 0 Å². The highest BCUT2D eigenvalue weighted by molar-refractivity contribution is 7.80. The number of hydrogen-bond acceptors (Lipinski definition) is 2. The van der Waals surface area contributed by atoms with Crippen LogP contribution in [0.25, 0.3) is 0 Å². The van der Waals surface area contributed by atoms with Gasteiger partial charge in [0.1, 0.15) is 11.6 Å². The zero-order valence-electron chi connectivity index (χ0n) is 6.30. The van der Waals surface area contributed by atoms with E-state index in [1.54, 1.807) is 0 Å². The largest absolute Gasteiger partial charge is 0.323 e. The molecule has 0 heterocycles. The van der Waals surface area contributed by atoms with Crippen molar-refractivity contribution in [2.24, 2.45) is 5.73 Å². The number of rotatable bonds is 2. The van der Waals surface area contributed by atoms with Gasteiger partial charge in [0.15, 0.2) is 0 Å². The van der Waals surface area contributed by atoms with E-state index in [-0.39, 0.29) is 0 Å². The molecule has 0 bridgehead atoms. The monoisotopic (exact) mass is 189 g/mol. The molecule has 0 aliphatic rings. The Morgan fingerprint density at radius 2 is 2.08 bits per heavy atom. The third-order valence-corrected chi connectivity index (χ3v) is 1.95. The van der Waals surface area contributed by atoms with Gasteiger partial charge in [0, 0.05) is 23.4 Å². The van der Waals surface area contributed by atoms with E-state index in [2.05, 4.69) is 12.6 Å². The van der Waals surface area contributed by atoms with Crippen molar-refractivity contribution in [1.29, 1.82) is 0 Å². The summed E-state index contributed by atoms with van der Waals surface area (Å²) >= 11 is 3.91. The molecule has 1 atom stereocenters. The van der Waals surface area contributed by atoms with Crippen molar-refractivity contribution in [2.75, 3.05) is 5.75 Å². The summed E-state index contributed by atoms with van der Waals surface area (Å²) in [6.45, 7) is 0. The molecular weight excluding hydrogens is 180 g/mol. The van der Waals surface area contributed by atoms with Crippen LogP contribution in [0, 0.1) is 11.6 Å². The van der Waals surface area contributed by atoms with Gasteiger partial charge in [-0.25, -0.2) is 8.78 Å². The summed E-state index contributed by atoms with van der Waals surface area (Å²) in [6.07, 6.45) is 0. The van der Waals surface area contributed by atoms with Crippen LogP contribution in [0.4, 0.5) is 8.78 Å². The van der Waals surface area contributed by atoms with E-state index in [1.165, 1.54) is 12.1 Å². The van der Waals surface area contributed by atoms with E-state index in [0.29, 0.717) is 11.3 Å². The molecule has 12 heavy (non-hydrogen) atoms. The fraction of sp³-hybridized carbons (Fsp3) is 0.250. The van der Waals surface area contributed by atoms with Crippen molar-refractivity contribution in [3.8, 4) is 0 Å². The molecule has 0 fully saturated rings. The van der Waals surface area contributed by atoms with Crippen molar-refractivity contribution < 1.29 is 8.78 Å². The molecule has 0 aliphatic heterocycles. The minimum Gasteiger partial charge on any atom is -0.323 e. The zero-order chi connectivity index (χ0) is 9.14. The first-order chi connectivity index (χ1) is 5.65. The number of nitrogens with two attached hydrogens (primary N) is 1. The van der Waals surface area contributed by atoms with E-state index in [4.69, 9.17) is 5.73 Å². The van der Waals surface area contributed by atoms with Gasteiger partial charge >= 0.3 is 0 Å². The average Bonchev–Trinajstić information content (AvgIpc) is 2.03. The average molecular weight is 189 g/mol. The standard InChI is InChI=1S/C8H9F2NS/c9-5-1-2-6(7(10)3-5)8(11)4-12/h1-3,8,12H,4,11H2. The summed E-state index contributed by atoms with van der Waals surface area (Å²) in [5.74, 6) is -0.873. The van der Waals surface area contributed by atoms with Crippen molar-refractivity contribution in [2.45, 2.75) is 6.04 Å². The lowest BCUT2D eigenvalue weighted by Crippen LogP contribution is -2.13. The van der Waals surface area contributed by atoms with Gasteiger partial charge in [0.05, 0.1) is 0 Å². The van der Waals surface area contributed by atoms with Crippen molar-refractivity contribution in [3.63, 3.8) is 0 Å². The molecule has 1 aromatic carbocycles. The minimum atomic E-state index is -0.614. The Morgan fingerprint density at radius 3 is 2.58 bits per heavy atom. The van der Waals surface area contributed by atoms with Crippen molar-refractivity contribution >= 4 is 12.6 Å². The summed E-state index contributed by atoms with van der Waals surface area (Å²) in [7, 11) is 0. The van der Waals surface area contributed by atoms with Gasteiger partial charge in [-0.2, -0.15) is 12.6 Å². The van der Waals surface area contributed by atoms with Crippen LogP contribution in [0.15, 0.2) is 18.2 Å².